The number of nitrogens with two attached hydrogens (primary N) is 1. The second-order valence-corrected chi connectivity index (χ2v) is 5.47. The summed E-state index contributed by atoms with van der Waals surface area (Å²) in [7, 11) is 0. The lowest BCUT2D eigenvalue weighted by molar-refractivity contribution is -0.0592. The van der Waals surface area contributed by atoms with Gasteiger partial charge >= 0.3 is 0 Å². The quantitative estimate of drug-likeness (QED) is 0.385. The molecule has 5 nitrogen and oxygen atoms in total. The van der Waals surface area contributed by atoms with Gasteiger partial charge < -0.3 is 15.7 Å². The molecule has 2 atom stereocenters. The van der Waals surface area contributed by atoms with Crippen molar-refractivity contribution in [1.82, 2.24) is 4.90 Å². The first-order valence-electron chi connectivity index (χ1n) is 7.16. The Hall–Kier alpha value is -1.66. The number of hydrogen-bond donors (Lipinski definition) is 2. The van der Waals surface area contributed by atoms with E-state index in [1.807, 2.05) is 6.92 Å². The number of hydrogen-bond acceptors (Lipinski definition) is 4. The molecule has 0 saturated carbocycles. The number of oxime groups is 1. The number of benzene rings is 1. The number of halogens is 1. The third-order valence-electron chi connectivity index (χ3n) is 3.80. The fraction of sp³-hybridized carbons (Fsp3) is 0.533. The summed E-state index contributed by atoms with van der Waals surface area (Å²) in [4.78, 5) is 2.29. The number of ether oxygens (including phenoxy) is 1. The van der Waals surface area contributed by atoms with E-state index in [-0.39, 0.29) is 17.8 Å². The summed E-state index contributed by atoms with van der Waals surface area (Å²) in [5, 5.41) is 11.6. The molecule has 21 heavy (non-hydrogen) atoms. The minimum absolute atomic E-state index is 0.0851. The van der Waals surface area contributed by atoms with Gasteiger partial charge in [0.2, 0.25) is 0 Å². The van der Waals surface area contributed by atoms with Crippen molar-refractivity contribution in [2.75, 3.05) is 13.2 Å². The van der Waals surface area contributed by atoms with Crippen LogP contribution in [0, 0.1) is 5.82 Å². The van der Waals surface area contributed by atoms with Crippen LogP contribution in [-0.2, 0) is 11.3 Å². The van der Waals surface area contributed by atoms with Crippen LogP contribution in [0.15, 0.2) is 23.4 Å². The van der Waals surface area contributed by atoms with E-state index < -0.39 is 0 Å². The molecule has 3 N–H and O–H groups in total. The smallest absolute Gasteiger partial charge is 0.170 e. The van der Waals surface area contributed by atoms with Crippen molar-refractivity contribution < 1.29 is 14.3 Å². The normalized spacial score (nSPS) is 24.2. The van der Waals surface area contributed by atoms with Crippen molar-refractivity contribution in [2.24, 2.45) is 10.9 Å². The zero-order chi connectivity index (χ0) is 15.4. The monoisotopic (exact) mass is 295 g/mol. The standard InChI is InChI=1S/C15H22FN3O2/c1-3-14-9-21-10(2)7-19(14)8-11-4-12(15(17)18-20)6-13(16)5-11/h4-6,10,14,20H,3,7-9H2,1-2H3,(H2,17,18). The van der Waals surface area contributed by atoms with E-state index in [0.29, 0.717) is 24.8 Å². The maximum Gasteiger partial charge on any atom is 0.170 e. The Labute approximate surface area is 124 Å². The maximum atomic E-state index is 13.7. The Balaban J connectivity index is 2.19. The van der Waals surface area contributed by atoms with Crippen molar-refractivity contribution in [3.05, 3.63) is 35.1 Å². The molecule has 2 unspecified atom stereocenters. The van der Waals surface area contributed by atoms with Gasteiger partial charge in [-0.2, -0.15) is 0 Å². The van der Waals surface area contributed by atoms with Crippen molar-refractivity contribution in [1.29, 1.82) is 0 Å². The molecule has 2 rings (SSSR count). The van der Waals surface area contributed by atoms with Crippen LogP contribution in [0.3, 0.4) is 0 Å². The molecule has 1 aliphatic rings. The van der Waals surface area contributed by atoms with Crippen LogP contribution in [0.5, 0.6) is 0 Å². The molecular formula is C15H22FN3O2. The number of morpholine rings is 1. The van der Waals surface area contributed by atoms with Gasteiger partial charge in [0.1, 0.15) is 5.82 Å². The van der Waals surface area contributed by atoms with Crippen LogP contribution in [0.4, 0.5) is 4.39 Å². The Morgan fingerprint density at radius 2 is 2.29 bits per heavy atom. The Morgan fingerprint density at radius 3 is 2.95 bits per heavy atom. The van der Waals surface area contributed by atoms with Crippen molar-refractivity contribution >= 4 is 5.84 Å². The van der Waals surface area contributed by atoms with E-state index in [1.54, 1.807) is 6.07 Å². The van der Waals surface area contributed by atoms with Gasteiger partial charge in [-0.15, -0.1) is 0 Å². The van der Waals surface area contributed by atoms with Gasteiger partial charge in [0.15, 0.2) is 5.84 Å². The molecule has 0 spiro atoms. The molecule has 0 amide bonds. The zero-order valence-electron chi connectivity index (χ0n) is 12.4. The summed E-state index contributed by atoms with van der Waals surface area (Å²) in [6.45, 7) is 6.28. The molecule has 1 aliphatic heterocycles. The third-order valence-corrected chi connectivity index (χ3v) is 3.80. The summed E-state index contributed by atoms with van der Waals surface area (Å²) < 4.78 is 19.4. The van der Waals surface area contributed by atoms with Crippen LogP contribution in [0.25, 0.3) is 0 Å². The summed E-state index contributed by atoms with van der Waals surface area (Å²) in [5.41, 5.74) is 6.74. The average molecular weight is 295 g/mol. The molecule has 116 valence electrons. The number of amidine groups is 1. The zero-order valence-corrected chi connectivity index (χ0v) is 12.4. The van der Waals surface area contributed by atoms with Gasteiger partial charge in [-0.1, -0.05) is 12.1 Å². The largest absolute Gasteiger partial charge is 0.409 e. The minimum atomic E-state index is -0.386. The molecule has 1 fully saturated rings. The topological polar surface area (TPSA) is 71.1 Å². The number of rotatable bonds is 4. The molecular weight excluding hydrogens is 273 g/mol. The number of nitrogens with zero attached hydrogens (tertiary/aromatic N) is 2. The van der Waals surface area contributed by atoms with Gasteiger partial charge in [-0.05, 0) is 37.1 Å². The molecule has 1 aromatic carbocycles. The lowest BCUT2D eigenvalue weighted by Gasteiger charge is -2.38. The molecule has 0 aromatic heterocycles. The van der Waals surface area contributed by atoms with Crippen LogP contribution in [0.2, 0.25) is 0 Å². The second kappa shape index (κ2) is 6.87. The predicted molar refractivity (Wildman–Crippen MR) is 78.8 cm³/mol. The first-order valence-corrected chi connectivity index (χ1v) is 7.16. The van der Waals surface area contributed by atoms with E-state index in [9.17, 15) is 4.39 Å². The van der Waals surface area contributed by atoms with Crippen LogP contribution in [0.1, 0.15) is 31.4 Å². The van der Waals surface area contributed by atoms with Gasteiger partial charge in [0, 0.05) is 24.7 Å². The van der Waals surface area contributed by atoms with E-state index in [0.717, 1.165) is 18.5 Å². The lowest BCUT2D eigenvalue weighted by Crippen LogP contribution is -2.47. The van der Waals surface area contributed by atoms with Crippen LogP contribution >= 0.6 is 0 Å². The van der Waals surface area contributed by atoms with Gasteiger partial charge in [-0.25, -0.2) is 4.39 Å². The fourth-order valence-electron chi connectivity index (χ4n) is 2.66. The van der Waals surface area contributed by atoms with Crippen LogP contribution in [-0.4, -0.2) is 41.2 Å². The SMILES string of the molecule is CCC1COC(C)CN1Cc1cc(F)cc(/C(N)=N/O)c1. The van der Waals surface area contributed by atoms with Gasteiger partial charge in [-0.3, -0.25) is 4.90 Å². The average Bonchev–Trinajstić information content (AvgIpc) is 2.46. The van der Waals surface area contributed by atoms with Crippen molar-refractivity contribution in [3.8, 4) is 0 Å². The third kappa shape index (κ3) is 3.92. The first-order chi connectivity index (χ1) is 10.0. The Bertz CT molecular complexity index is 522. The minimum Gasteiger partial charge on any atom is -0.409 e. The van der Waals surface area contributed by atoms with Crippen molar-refractivity contribution in [2.45, 2.75) is 39.0 Å². The van der Waals surface area contributed by atoms with E-state index >= 15 is 0 Å². The molecule has 1 heterocycles. The molecule has 1 saturated heterocycles. The second-order valence-electron chi connectivity index (χ2n) is 5.47. The van der Waals surface area contributed by atoms with Gasteiger partial charge in [0.25, 0.3) is 0 Å². The molecule has 6 heteroatoms. The van der Waals surface area contributed by atoms with Crippen LogP contribution < -0.4 is 5.73 Å². The van der Waals surface area contributed by atoms with Gasteiger partial charge in [0.05, 0.1) is 12.7 Å². The highest BCUT2D eigenvalue weighted by molar-refractivity contribution is 5.97. The molecule has 0 aliphatic carbocycles. The highest BCUT2D eigenvalue weighted by Gasteiger charge is 2.25. The van der Waals surface area contributed by atoms with E-state index in [1.165, 1.54) is 12.1 Å². The lowest BCUT2D eigenvalue weighted by atomic mass is 10.1. The summed E-state index contributed by atoms with van der Waals surface area (Å²) in [6, 6.07) is 4.83. The van der Waals surface area contributed by atoms with Crippen molar-refractivity contribution in [3.63, 3.8) is 0 Å². The maximum absolute atomic E-state index is 13.7. The fourth-order valence-corrected chi connectivity index (χ4v) is 2.66. The summed E-state index contributed by atoms with van der Waals surface area (Å²) >= 11 is 0. The Morgan fingerprint density at radius 1 is 1.52 bits per heavy atom. The molecule has 0 radical (unpaired) electrons. The Kier molecular flexibility index (Phi) is 5.14. The summed E-state index contributed by atoms with van der Waals surface area (Å²) in [5.74, 6) is -0.471. The highest BCUT2D eigenvalue weighted by atomic mass is 19.1. The predicted octanol–water partition coefficient (Wildman–Crippen LogP) is 1.92. The summed E-state index contributed by atoms with van der Waals surface area (Å²) in [6.07, 6.45) is 1.15. The molecule has 1 aromatic rings. The highest BCUT2D eigenvalue weighted by Crippen LogP contribution is 2.19. The first kappa shape index (κ1) is 15.7. The van der Waals surface area contributed by atoms with E-state index in [4.69, 9.17) is 15.7 Å². The molecule has 0 bridgehead atoms. The van der Waals surface area contributed by atoms with E-state index in [2.05, 4.69) is 17.0 Å².